The number of rotatable bonds is 2. The highest BCUT2D eigenvalue weighted by atomic mass is 16.1. The first-order valence-corrected chi connectivity index (χ1v) is 4.72. The minimum Gasteiger partial charge on any atom is -0.366 e. The fourth-order valence-electron chi connectivity index (χ4n) is 1.66. The van der Waals surface area contributed by atoms with Crippen molar-refractivity contribution in [2.45, 2.75) is 0 Å². The van der Waals surface area contributed by atoms with E-state index in [2.05, 4.69) is 0 Å². The Morgan fingerprint density at radius 3 is 2.25 bits per heavy atom. The fraction of sp³-hybridized carbons (Fsp3) is 0. The van der Waals surface area contributed by atoms with Gasteiger partial charge in [0.15, 0.2) is 0 Å². The second-order valence-electron chi connectivity index (χ2n) is 3.47. The topological polar surface area (TPSA) is 86.2 Å². The Bertz CT molecular complexity index is 591. The van der Waals surface area contributed by atoms with Crippen LogP contribution in [0.4, 0.5) is 0 Å². The molecule has 0 aliphatic carbocycles. The third-order valence-corrected chi connectivity index (χ3v) is 2.41. The van der Waals surface area contributed by atoms with Crippen molar-refractivity contribution in [1.29, 1.82) is 0 Å². The molecule has 0 aromatic heterocycles. The zero-order chi connectivity index (χ0) is 11.7. The van der Waals surface area contributed by atoms with Crippen molar-refractivity contribution >= 4 is 22.6 Å². The first kappa shape index (κ1) is 10.2. The third kappa shape index (κ3) is 1.61. The number of carbonyl (C=O) groups excluding carboxylic acids is 2. The van der Waals surface area contributed by atoms with Gasteiger partial charge in [0.05, 0.1) is 0 Å². The van der Waals surface area contributed by atoms with E-state index in [1.54, 1.807) is 24.3 Å². The van der Waals surface area contributed by atoms with Gasteiger partial charge < -0.3 is 11.5 Å². The van der Waals surface area contributed by atoms with Gasteiger partial charge in [-0.2, -0.15) is 0 Å². The van der Waals surface area contributed by atoms with Gasteiger partial charge in [-0.15, -0.1) is 0 Å². The van der Waals surface area contributed by atoms with Gasteiger partial charge in [0.1, 0.15) is 0 Å². The number of hydrogen-bond donors (Lipinski definition) is 2. The molecule has 0 unspecified atom stereocenters. The molecule has 4 heteroatoms. The van der Waals surface area contributed by atoms with Crippen LogP contribution in [-0.4, -0.2) is 11.8 Å². The number of hydrogen-bond acceptors (Lipinski definition) is 2. The average Bonchev–Trinajstić information content (AvgIpc) is 2.27. The highest BCUT2D eigenvalue weighted by Gasteiger charge is 2.10. The lowest BCUT2D eigenvalue weighted by Gasteiger charge is -2.05. The number of nitrogens with two attached hydrogens (primary N) is 2. The number of amides is 2. The van der Waals surface area contributed by atoms with E-state index in [1.165, 1.54) is 6.07 Å². The largest absolute Gasteiger partial charge is 0.366 e. The van der Waals surface area contributed by atoms with Crippen LogP contribution < -0.4 is 11.5 Å². The Morgan fingerprint density at radius 2 is 1.62 bits per heavy atom. The van der Waals surface area contributed by atoms with Crippen LogP contribution in [-0.2, 0) is 0 Å². The molecule has 4 nitrogen and oxygen atoms in total. The van der Waals surface area contributed by atoms with Crippen molar-refractivity contribution in [2.75, 3.05) is 0 Å². The van der Waals surface area contributed by atoms with E-state index in [4.69, 9.17) is 11.5 Å². The van der Waals surface area contributed by atoms with E-state index in [9.17, 15) is 9.59 Å². The second kappa shape index (κ2) is 3.66. The maximum absolute atomic E-state index is 11.3. The molecule has 2 rings (SSSR count). The molecule has 0 fully saturated rings. The van der Waals surface area contributed by atoms with Crippen molar-refractivity contribution in [3.05, 3.63) is 47.5 Å². The summed E-state index contributed by atoms with van der Waals surface area (Å²) >= 11 is 0. The van der Waals surface area contributed by atoms with Crippen LogP contribution in [0, 0.1) is 0 Å². The molecule has 2 aromatic carbocycles. The van der Waals surface area contributed by atoms with E-state index < -0.39 is 11.8 Å². The zero-order valence-corrected chi connectivity index (χ0v) is 8.44. The highest BCUT2D eigenvalue weighted by molar-refractivity contribution is 6.09. The zero-order valence-electron chi connectivity index (χ0n) is 8.44. The summed E-state index contributed by atoms with van der Waals surface area (Å²) in [4.78, 5) is 22.3. The van der Waals surface area contributed by atoms with Crippen molar-refractivity contribution in [1.82, 2.24) is 0 Å². The summed E-state index contributed by atoms with van der Waals surface area (Å²) in [5, 5.41) is 1.49. The van der Waals surface area contributed by atoms with Crippen molar-refractivity contribution < 1.29 is 9.59 Å². The predicted octanol–water partition coefficient (Wildman–Crippen LogP) is 1.04. The van der Waals surface area contributed by atoms with Crippen molar-refractivity contribution in [3.8, 4) is 0 Å². The molecule has 16 heavy (non-hydrogen) atoms. The number of fused-ring (bicyclic) bond motifs is 1. The van der Waals surface area contributed by atoms with E-state index in [0.29, 0.717) is 5.56 Å². The fourth-order valence-corrected chi connectivity index (χ4v) is 1.66. The van der Waals surface area contributed by atoms with Gasteiger partial charge in [-0.3, -0.25) is 9.59 Å². The lowest BCUT2D eigenvalue weighted by molar-refractivity contribution is 0.0999. The highest BCUT2D eigenvalue weighted by Crippen LogP contribution is 2.20. The maximum Gasteiger partial charge on any atom is 0.249 e. The quantitative estimate of drug-likeness (QED) is 0.782. The lowest BCUT2D eigenvalue weighted by atomic mass is 10.0. The molecule has 0 bridgehead atoms. The summed E-state index contributed by atoms with van der Waals surface area (Å²) in [6, 6.07) is 10.3. The Hall–Kier alpha value is -2.36. The van der Waals surface area contributed by atoms with Crippen LogP contribution in [0.25, 0.3) is 10.8 Å². The van der Waals surface area contributed by atoms with Crippen LogP contribution in [0.15, 0.2) is 36.4 Å². The van der Waals surface area contributed by atoms with Gasteiger partial charge in [-0.05, 0) is 22.9 Å². The molecule has 0 saturated carbocycles. The van der Waals surface area contributed by atoms with Gasteiger partial charge in [0.25, 0.3) is 0 Å². The van der Waals surface area contributed by atoms with Crippen LogP contribution in [0.2, 0.25) is 0 Å². The van der Waals surface area contributed by atoms with Gasteiger partial charge in [0.2, 0.25) is 11.8 Å². The Labute approximate surface area is 91.8 Å². The second-order valence-corrected chi connectivity index (χ2v) is 3.47. The van der Waals surface area contributed by atoms with Gasteiger partial charge in [-0.25, -0.2) is 0 Å². The summed E-state index contributed by atoms with van der Waals surface area (Å²) < 4.78 is 0. The molecule has 0 radical (unpaired) electrons. The first-order valence-electron chi connectivity index (χ1n) is 4.72. The SMILES string of the molecule is NC(=O)c1cc(C(N)=O)c2ccccc2c1. The van der Waals surface area contributed by atoms with Crippen molar-refractivity contribution in [2.24, 2.45) is 11.5 Å². The van der Waals surface area contributed by atoms with Gasteiger partial charge >= 0.3 is 0 Å². The molecule has 0 spiro atoms. The number of benzene rings is 2. The molecule has 0 saturated heterocycles. The summed E-state index contributed by atoms with van der Waals surface area (Å²) in [5.74, 6) is -1.15. The Balaban J connectivity index is 2.84. The minimum atomic E-state index is -0.576. The van der Waals surface area contributed by atoms with Gasteiger partial charge in [-0.1, -0.05) is 24.3 Å². The van der Waals surface area contributed by atoms with Gasteiger partial charge in [0, 0.05) is 11.1 Å². The molecule has 80 valence electrons. The standard InChI is InChI=1S/C12H10N2O2/c13-11(15)8-5-7-3-1-2-4-9(7)10(6-8)12(14)16/h1-6H,(H2,13,15)(H2,14,16). The van der Waals surface area contributed by atoms with Crippen molar-refractivity contribution in [3.63, 3.8) is 0 Å². The molecule has 0 aliphatic heterocycles. The van der Waals surface area contributed by atoms with E-state index >= 15 is 0 Å². The summed E-state index contributed by atoms with van der Waals surface area (Å²) in [7, 11) is 0. The summed E-state index contributed by atoms with van der Waals surface area (Å²) in [6.45, 7) is 0. The first-order chi connectivity index (χ1) is 7.59. The molecule has 0 aliphatic rings. The smallest absolute Gasteiger partial charge is 0.249 e. The summed E-state index contributed by atoms with van der Waals surface area (Å²) in [6.07, 6.45) is 0. The monoisotopic (exact) mass is 214 g/mol. The van der Waals surface area contributed by atoms with E-state index in [-0.39, 0.29) is 5.56 Å². The third-order valence-electron chi connectivity index (χ3n) is 2.41. The van der Waals surface area contributed by atoms with Crippen LogP contribution in [0.5, 0.6) is 0 Å². The average molecular weight is 214 g/mol. The normalized spacial score (nSPS) is 10.2. The molecule has 2 amide bonds. The molecular formula is C12H10N2O2. The molecule has 0 atom stereocenters. The molecular weight excluding hydrogens is 204 g/mol. The summed E-state index contributed by atoms with van der Waals surface area (Å²) in [5.41, 5.74) is 11.0. The predicted molar refractivity (Wildman–Crippen MR) is 61.0 cm³/mol. The maximum atomic E-state index is 11.3. The molecule has 0 heterocycles. The molecule has 2 aromatic rings. The van der Waals surface area contributed by atoms with Crippen LogP contribution >= 0.6 is 0 Å². The number of primary amides is 2. The van der Waals surface area contributed by atoms with Crippen LogP contribution in [0.1, 0.15) is 20.7 Å². The Morgan fingerprint density at radius 1 is 0.938 bits per heavy atom. The Kier molecular flexibility index (Phi) is 2.32. The number of carbonyl (C=O) groups is 2. The van der Waals surface area contributed by atoms with E-state index in [1.807, 2.05) is 6.07 Å². The lowest BCUT2D eigenvalue weighted by Crippen LogP contribution is -2.15. The minimum absolute atomic E-state index is 0.285. The van der Waals surface area contributed by atoms with Crippen LogP contribution in [0.3, 0.4) is 0 Å². The van der Waals surface area contributed by atoms with E-state index in [0.717, 1.165) is 10.8 Å². The molecule has 4 N–H and O–H groups in total.